The van der Waals surface area contributed by atoms with E-state index in [1.807, 2.05) is 6.07 Å². The van der Waals surface area contributed by atoms with Gasteiger partial charge in [-0.15, -0.1) is 0 Å². The van der Waals surface area contributed by atoms with Crippen LogP contribution in [-0.2, 0) is 6.54 Å². The van der Waals surface area contributed by atoms with Gasteiger partial charge in [0, 0.05) is 13.1 Å². The van der Waals surface area contributed by atoms with Gasteiger partial charge >= 0.3 is 0 Å². The summed E-state index contributed by atoms with van der Waals surface area (Å²) in [6.07, 6.45) is 2.32. The molecule has 3 nitrogen and oxygen atoms in total. The van der Waals surface area contributed by atoms with E-state index in [-0.39, 0.29) is 6.61 Å². The maximum absolute atomic E-state index is 9.10. The summed E-state index contributed by atoms with van der Waals surface area (Å²) < 4.78 is 0. The zero-order chi connectivity index (χ0) is 13.1. The molecule has 0 amide bonds. The molecule has 0 fully saturated rings. The normalized spacial score (nSPS) is 11.1. The van der Waals surface area contributed by atoms with Gasteiger partial charge in [0.2, 0.25) is 0 Å². The first kappa shape index (κ1) is 15.2. The summed E-state index contributed by atoms with van der Waals surface area (Å²) in [4.78, 5) is 2.31. The van der Waals surface area contributed by atoms with Gasteiger partial charge in [-0.05, 0) is 38.0 Å². The number of benzene rings is 1. The standard InChI is InChI=1S/C15H26N2O/c1-2-9-16-10-6-11-17(12-13-18)14-15-7-4-3-5-8-15/h3-5,7-8,16,18H,2,6,9-14H2,1H3. The quantitative estimate of drug-likeness (QED) is 0.622. The monoisotopic (exact) mass is 250 g/mol. The molecule has 1 rings (SSSR count). The topological polar surface area (TPSA) is 35.5 Å². The average Bonchev–Trinajstić information content (AvgIpc) is 2.40. The molecule has 0 atom stereocenters. The van der Waals surface area contributed by atoms with Crippen LogP contribution >= 0.6 is 0 Å². The van der Waals surface area contributed by atoms with Gasteiger partial charge in [0.15, 0.2) is 0 Å². The van der Waals surface area contributed by atoms with E-state index in [1.54, 1.807) is 0 Å². The van der Waals surface area contributed by atoms with E-state index in [0.29, 0.717) is 0 Å². The molecule has 0 aliphatic carbocycles. The summed E-state index contributed by atoms with van der Waals surface area (Å²) in [5.74, 6) is 0. The van der Waals surface area contributed by atoms with Crippen molar-refractivity contribution in [3.8, 4) is 0 Å². The third kappa shape index (κ3) is 6.74. The molecule has 2 N–H and O–H groups in total. The molecule has 0 aromatic heterocycles. The summed E-state index contributed by atoms with van der Waals surface area (Å²) in [6, 6.07) is 10.4. The Kier molecular flexibility index (Phi) is 8.47. The summed E-state index contributed by atoms with van der Waals surface area (Å²) in [7, 11) is 0. The van der Waals surface area contributed by atoms with Crippen molar-refractivity contribution in [2.75, 3.05) is 32.8 Å². The second kappa shape index (κ2) is 10.1. The molecular formula is C15H26N2O. The molecule has 0 saturated carbocycles. The average molecular weight is 250 g/mol. The Balaban J connectivity index is 2.26. The van der Waals surface area contributed by atoms with Crippen LogP contribution < -0.4 is 5.32 Å². The lowest BCUT2D eigenvalue weighted by atomic mass is 10.2. The fraction of sp³-hybridized carbons (Fsp3) is 0.600. The SMILES string of the molecule is CCCNCCCN(CCO)Cc1ccccc1. The highest BCUT2D eigenvalue weighted by Gasteiger charge is 2.04. The zero-order valence-corrected chi connectivity index (χ0v) is 11.4. The summed E-state index contributed by atoms with van der Waals surface area (Å²) in [5, 5.41) is 12.5. The zero-order valence-electron chi connectivity index (χ0n) is 11.4. The Labute approximate surface area is 111 Å². The van der Waals surface area contributed by atoms with Crippen LogP contribution in [0.5, 0.6) is 0 Å². The number of nitrogens with zero attached hydrogens (tertiary/aromatic N) is 1. The van der Waals surface area contributed by atoms with E-state index >= 15 is 0 Å². The Morgan fingerprint density at radius 3 is 2.56 bits per heavy atom. The molecule has 1 aromatic carbocycles. The Morgan fingerprint density at radius 1 is 1.11 bits per heavy atom. The van der Waals surface area contributed by atoms with Crippen LogP contribution in [0.1, 0.15) is 25.3 Å². The van der Waals surface area contributed by atoms with Gasteiger partial charge in [-0.3, -0.25) is 4.90 Å². The molecule has 0 heterocycles. The molecule has 3 heteroatoms. The van der Waals surface area contributed by atoms with Crippen molar-refractivity contribution >= 4 is 0 Å². The maximum Gasteiger partial charge on any atom is 0.0558 e. The lowest BCUT2D eigenvalue weighted by Gasteiger charge is -2.21. The van der Waals surface area contributed by atoms with E-state index < -0.39 is 0 Å². The Hall–Kier alpha value is -0.900. The number of hydrogen-bond acceptors (Lipinski definition) is 3. The van der Waals surface area contributed by atoms with Crippen LogP contribution in [0, 0.1) is 0 Å². The molecular weight excluding hydrogens is 224 g/mol. The van der Waals surface area contributed by atoms with Crippen LogP contribution in [0.2, 0.25) is 0 Å². The highest BCUT2D eigenvalue weighted by Crippen LogP contribution is 2.04. The molecule has 0 aliphatic rings. The predicted molar refractivity (Wildman–Crippen MR) is 76.6 cm³/mol. The van der Waals surface area contributed by atoms with Crippen LogP contribution in [0.25, 0.3) is 0 Å². The van der Waals surface area contributed by atoms with Gasteiger partial charge < -0.3 is 10.4 Å². The van der Waals surface area contributed by atoms with E-state index in [4.69, 9.17) is 5.11 Å². The van der Waals surface area contributed by atoms with Gasteiger partial charge in [-0.2, -0.15) is 0 Å². The van der Waals surface area contributed by atoms with E-state index in [0.717, 1.165) is 39.1 Å². The predicted octanol–water partition coefficient (Wildman–Crippen LogP) is 1.87. The number of aliphatic hydroxyl groups is 1. The molecule has 0 saturated heterocycles. The molecule has 0 spiro atoms. The maximum atomic E-state index is 9.10. The van der Waals surface area contributed by atoms with Gasteiger partial charge in [-0.25, -0.2) is 0 Å². The van der Waals surface area contributed by atoms with E-state index in [1.165, 1.54) is 12.0 Å². The van der Waals surface area contributed by atoms with Gasteiger partial charge in [0.05, 0.1) is 6.61 Å². The summed E-state index contributed by atoms with van der Waals surface area (Å²) in [5.41, 5.74) is 1.31. The van der Waals surface area contributed by atoms with Crippen molar-refractivity contribution in [1.82, 2.24) is 10.2 Å². The van der Waals surface area contributed by atoms with Gasteiger partial charge in [0.25, 0.3) is 0 Å². The van der Waals surface area contributed by atoms with Crippen LogP contribution in [-0.4, -0.2) is 42.8 Å². The third-order valence-electron chi connectivity index (χ3n) is 2.92. The molecule has 0 radical (unpaired) electrons. The first-order valence-electron chi connectivity index (χ1n) is 6.94. The number of nitrogens with one attached hydrogen (secondary N) is 1. The number of rotatable bonds is 10. The first-order chi connectivity index (χ1) is 8.86. The van der Waals surface area contributed by atoms with Gasteiger partial charge in [-0.1, -0.05) is 37.3 Å². The van der Waals surface area contributed by atoms with Crippen molar-refractivity contribution in [2.45, 2.75) is 26.3 Å². The Bertz CT molecular complexity index is 290. The van der Waals surface area contributed by atoms with Crippen LogP contribution in [0.4, 0.5) is 0 Å². The fourth-order valence-corrected chi connectivity index (χ4v) is 1.98. The van der Waals surface area contributed by atoms with Crippen molar-refractivity contribution < 1.29 is 5.11 Å². The second-order valence-corrected chi connectivity index (χ2v) is 4.59. The van der Waals surface area contributed by atoms with Crippen molar-refractivity contribution in [3.63, 3.8) is 0 Å². The van der Waals surface area contributed by atoms with Crippen LogP contribution in [0.3, 0.4) is 0 Å². The highest BCUT2D eigenvalue weighted by molar-refractivity contribution is 5.14. The summed E-state index contributed by atoms with van der Waals surface area (Å²) >= 11 is 0. The second-order valence-electron chi connectivity index (χ2n) is 4.59. The van der Waals surface area contributed by atoms with Crippen molar-refractivity contribution in [2.24, 2.45) is 0 Å². The number of hydrogen-bond donors (Lipinski definition) is 2. The Morgan fingerprint density at radius 2 is 1.89 bits per heavy atom. The molecule has 1 aromatic rings. The van der Waals surface area contributed by atoms with E-state index in [2.05, 4.69) is 41.4 Å². The van der Waals surface area contributed by atoms with Crippen molar-refractivity contribution in [1.29, 1.82) is 0 Å². The smallest absolute Gasteiger partial charge is 0.0558 e. The first-order valence-corrected chi connectivity index (χ1v) is 6.94. The lowest BCUT2D eigenvalue weighted by Crippen LogP contribution is -2.30. The van der Waals surface area contributed by atoms with Crippen molar-refractivity contribution in [3.05, 3.63) is 35.9 Å². The minimum atomic E-state index is 0.231. The minimum Gasteiger partial charge on any atom is -0.395 e. The lowest BCUT2D eigenvalue weighted by molar-refractivity contribution is 0.188. The largest absolute Gasteiger partial charge is 0.395 e. The van der Waals surface area contributed by atoms with Gasteiger partial charge in [0.1, 0.15) is 0 Å². The minimum absolute atomic E-state index is 0.231. The molecule has 0 unspecified atom stereocenters. The van der Waals surface area contributed by atoms with Crippen LogP contribution in [0.15, 0.2) is 30.3 Å². The highest BCUT2D eigenvalue weighted by atomic mass is 16.3. The number of aliphatic hydroxyl groups excluding tert-OH is 1. The molecule has 102 valence electrons. The molecule has 18 heavy (non-hydrogen) atoms. The van der Waals surface area contributed by atoms with E-state index in [9.17, 15) is 0 Å². The molecule has 0 bridgehead atoms. The fourth-order valence-electron chi connectivity index (χ4n) is 1.98. The molecule has 0 aliphatic heterocycles. The third-order valence-corrected chi connectivity index (χ3v) is 2.92. The summed E-state index contributed by atoms with van der Waals surface area (Å²) in [6.45, 7) is 7.28.